The number of hydrogen-bond acceptors (Lipinski definition) is 4. The van der Waals surface area contributed by atoms with Gasteiger partial charge < -0.3 is 5.32 Å². The maximum absolute atomic E-state index is 13.5. The van der Waals surface area contributed by atoms with Gasteiger partial charge in [-0.2, -0.15) is 0 Å². The number of amides is 1. The molecule has 1 aliphatic heterocycles. The minimum Gasteiger partial charge on any atom is -0.310 e. The summed E-state index contributed by atoms with van der Waals surface area (Å²) in [6, 6.07) is 4.87. The second-order valence-corrected chi connectivity index (χ2v) is 11.4. The number of nitrogens with zero attached hydrogens (tertiary/aromatic N) is 3. The number of nitrogens with one attached hydrogen (secondary N) is 1. The summed E-state index contributed by atoms with van der Waals surface area (Å²) in [6.07, 6.45) is 10.8. The van der Waals surface area contributed by atoms with Crippen LogP contribution in [0.5, 0.6) is 0 Å². The number of rotatable bonds is 5. The summed E-state index contributed by atoms with van der Waals surface area (Å²) in [5.41, 5.74) is 3.20. The summed E-state index contributed by atoms with van der Waals surface area (Å²) in [5.74, 6) is 2.93. The molecule has 4 bridgehead atoms. The highest BCUT2D eigenvalue weighted by Crippen LogP contribution is 2.61. The molecule has 174 valence electrons. The van der Waals surface area contributed by atoms with Crippen LogP contribution in [0.15, 0.2) is 24.5 Å². The van der Waals surface area contributed by atoms with Crippen molar-refractivity contribution in [3.05, 3.63) is 52.2 Å². The van der Waals surface area contributed by atoms with Crippen LogP contribution in [0.25, 0.3) is 0 Å². The summed E-state index contributed by atoms with van der Waals surface area (Å²) < 4.78 is 13.5. The fraction of sp³-hybridized carbons (Fsp3) is 0.577. The third kappa shape index (κ3) is 4.28. The molecule has 7 heteroatoms. The number of fused-ring (bicyclic) bond motifs is 1. The Morgan fingerprint density at radius 1 is 1.15 bits per heavy atom. The van der Waals surface area contributed by atoms with Crippen molar-refractivity contribution in [1.29, 1.82) is 0 Å². The van der Waals surface area contributed by atoms with Crippen LogP contribution in [-0.2, 0) is 24.3 Å². The number of carbonyl (C=O) groups is 1. The number of aromatic nitrogens is 2. The first-order valence-corrected chi connectivity index (χ1v) is 12.6. The largest absolute Gasteiger partial charge is 0.310 e. The molecule has 33 heavy (non-hydrogen) atoms. The third-order valence-corrected chi connectivity index (χ3v) is 8.72. The molecule has 4 fully saturated rings. The van der Waals surface area contributed by atoms with Crippen molar-refractivity contribution in [3.8, 4) is 0 Å². The summed E-state index contributed by atoms with van der Waals surface area (Å²) >= 11 is 5.94. The van der Waals surface area contributed by atoms with Gasteiger partial charge in [-0.3, -0.25) is 9.69 Å². The van der Waals surface area contributed by atoms with Crippen LogP contribution >= 0.6 is 11.6 Å². The molecule has 0 saturated heterocycles. The van der Waals surface area contributed by atoms with Crippen molar-refractivity contribution in [1.82, 2.24) is 14.9 Å². The summed E-state index contributed by atoms with van der Waals surface area (Å²) in [6.45, 7) is 2.18. The van der Waals surface area contributed by atoms with Gasteiger partial charge in [0.2, 0.25) is 5.91 Å². The van der Waals surface area contributed by atoms with Gasteiger partial charge in [0.1, 0.15) is 18.0 Å². The zero-order valence-corrected chi connectivity index (χ0v) is 19.6. The quantitative estimate of drug-likeness (QED) is 0.640. The number of halogens is 2. The molecular formula is C26H30ClFN4O. The molecule has 4 saturated carbocycles. The van der Waals surface area contributed by atoms with E-state index in [9.17, 15) is 9.18 Å². The van der Waals surface area contributed by atoms with Gasteiger partial charge in [0.25, 0.3) is 0 Å². The van der Waals surface area contributed by atoms with Gasteiger partial charge in [-0.25, -0.2) is 14.4 Å². The van der Waals surface area contributed by atoms with E-state index >= 15 is 0 Å². The van der Waals surface area contributed by atoms with Crippen LogP contribution in [-0.4, -0.2) is 27.3 Å². The van der Waals surface area contributed by atoms with E-state index in [-0.39, 0.29) is 16.3 Å². The standard InChI is InChI=1S/C26H30ClFN4O/c27-21-8-16(1-2-22(21)28)13-32-4-3-20-23(14-32)29-15-30-25(20)31-24(33)12-26-9-17-5-18(10-26)7-19(6-17)11-26/h1-2,8,15,17-19H,3-7,9-14H2,(H,29,30,31,33). The summed E-state index contributed by atoms with van der Waals surface area (Å²) in [4.78, 5) is 24.3. The lowest BCUT2D eigenvalue weighted by atomic mass is 9.49. The highest BCUT2D eigenvalue weighted by Gasteiger charge is 2.51. The van der Waals surface area contributed by atoms with Crippen molar-refractivity contribution in [2.24, 2.45) is 23.2 Å². The normalized spacial score (nSPS) is 30.3. The maximum atomic E-state index is 13.5. The van der Waals surface area contributed by atoms with Crippen LogP contribution < -0.4 is 5.32 Å². The van der Waals surface area contributed by atoms with Gasteiger partial charge in [-0.05, 0) is 85.8 Å². The molecule has 0 unspecified atom stereocenters. The lowest BCUT2D eigenvalue weighted by Gasteiger charge is -2.56. The van der Waals surface area contributed by atoms with Crippen molar-refractivity contribution in [2.75, 3.05) is 11.9 Å². The average molecular weight is 469 g/mol. The summed E-state index contributed by atoms with van der Waals surface area (Å²) in [7, 11) is 0. The number of hydrogen-bond donors (Lipinski definition) is 1. The van der Waals surface area contributed by atoms with Crippen LogP contribution in [0.4, 0.5) is 10.2 Å². The predicted molar refractivity (Wildman–Crippen MR) is 125 cm³/mol. The van der Waals surface area contributed by atoms with Crippen LogP contribution in [0.1, 0.15) is 61.8 Å². The van der Waals surface area contributed by atoms with E-state index in [1.807, 2.05) is 0 Å². The molecule has 5 aliphatic rings. The minimum atomic E-state index is -0.397. The van der Waals surface area contributed by atoms with E-state index in [0.29, 0.717) is 25.3 Å². The highest BCUT2D eigenvalue weighted by molar-refractivity contribution is 6.30. The molecule has 1 amide bonds. The van der Waals surface area contributed by atoms with Gasteiger partial charge in [0.05, 0.1) is 10.7 Å². The zero-order valence-electron chi connectivity index (χ0n) is 18.8. The molecule has 0 radical (unpaired) electrons. The van der Waals surface area contributed by atoms with E-state index in [1.165, 1.54) is 44.6 Å². The molecule has 0 atom stereocenters. The first kappa shape index (κ1) is 21.5. The van der Waals surface area contributed by atoms with E-state index in [0.717, 1.165) is 47.5 Å². The Balaban J connectivity index is 1.12. The Labute approximate surface area is 199 Å². The van der Waals surface area contributed by atoms with E-state index in [1.54, 1.807) is 18.5 Å². The van der Waals surface area contributed by atoms with Gasteiger partial charge >= 0.3 is 0 Å². The van der Waals surface area contributed by atoms with E-state index in [2.05, 4.69) is 20.2 Å². The van der Waals surface area contributed by atoms with E-state index < -0.39 is 5.82 Å². The van der Waals surface area contributed by atoms with E-state index in [4.69, 9.17) is 11.6 Å². The third-order valence-electron chi connectivity index (χ3n) is 8.43. The molecule has 7 rings (SSSR count). The van der Waals surface area contributed by atoms with Crippen LogP contribution in [0, 0.1) is 29.0 Å². The molecule has 4 aliphatic carbocycles. The number of benzene rings is 1. The highest BCUT2D eigenvalue weighted by atomic mass is 35.5. The van der Waals surface area contributed by atoms with Gasteiger partial charge in [0.15, 0.2) is 0 Å². The molecule has 1 aromatic carbocycles. The maximum Gasteiger partial charge on any atom is 0.226 e. The second kappa shape index (κ2) is 8.31. The fourth-order valence-corrected chi connectivity index (χ4v) is 7.77. The lowest BCUT2D eigenvalue weighted by molar-refractivity contribution is -0.124. The predicted octanol–water partition coefficient (Wildman–Crippen LogP) is 5.37. The molecule has 2 aromatic rings. The number of carbonyl (C=O) groups excluding carboxylic acids is 1. The Bertz CT molecular complexity index is 1050. The molecule has 1 N–H and O–H groups in total. The van der Waals surface area contributed by atoms with Gasteiger partial charge in [0, 0.05) is 31.6 Å². The van der Waals surface area contributed by atoms with Crippen LogP contribution in [0.3, 0.4) is 0 Å². The molecule has 0 spiro atoms. The lowest BCUT2D eigenvalue weighted by Crippen LogP contribution is -2.47. The topological polar surface area (TPSA) is 58.1 Å². The van der Waals surface area contributed by atoms with Crippen molar-refractivity contribution in [2.45, 2.75) is 64.5 Å². The summed E-state index contributed by atoms with van der Waals surface area (Å²) in [5, 5.41) is 3.30. The minimum absolute atomic E-state index is 0.112. The average Bonchev–Trinajstić information content (AvgIpc) is 2.75. The SMILES string of the molecule is O=C(CC12CC3CC(CC(C3)C1)C2)Nc1ncnc2c1CCN(Cc1ccc(F)c(Cl)c1)C2. The van der Waals surface area contributed by atoms with Crippen molar-refractivity contribution >= 4 is 23.3 Å². The first-order valence-electron chi connectivity index (χ1n) is 12.2. The Morgan fingerprint density at radius 3 is 2.58 bits per heavy atom. The fourth-order valence-electron chi connectivity index (χ4n) is 7.57. The molecule has 5 nitrogen and oxygen atoms in total. The monoisotopic (exact) mass is 468 g/mol. The van der Waals surface area contributed by atoms with Gasteiger partial charge in [-0.1, -0.05) is 17.7 Å². The van der Waals surface area contributed by atoms with Gasteiger partial charge in [-0.15, -0.1) is 0 Å². The number of anilines is 1. The van der Waals surface area contributed by atoms with Crippen molar-refractivity contribution < 1.29 is 9.18 Å². The Kier molecular flexibility index (Phi) is 5.41. The second-order valence-electron chi connectivity index (χ2n) is 11.0. The van der Waals surface area contributed by atoms with Crippen molar-refractivity contribution in [3.63, 3.8) is 0 Å². The molecule has 2 heterocycles. The molecular weight excluding hydrogens is 439 g/mol. The smallest absolute Gasteiger partial charge is 0.226 e. The Hall–Kier alpha value is -2.05. The van der Waals surface area contributed by atoms with Crippen LogP contribution in [0.2, 0.25) is 5.02 Å². The first-order chi connectivity index (χ1) is 15.9. The Morgan fingerprint density at radius 2 is 1.88 bits per heavy atom. The molecule has 1 aromatic heterocycles. The zero-order chi connectivity index (χ0) is 22.6.